The molecule has 2 amide bonds. The van der Waals surface area contributed by atoms with E-state index in [9.17, 15) is 38.4 Å². The molecule has 386 valence electrons. The maximum atomic E-state index is 14.1. The van der Waals surface area contributed by atoms with E-state index in [0.29, 0.717) is 11.3 Å². The summed E-state index contributed by atoms with van der Waals surface area (Å²) in [6.07, 6.45) is -11.8. The predicted molar refractivity (Wildman–Crippen MR) is 249 cm³/mol. The summed E-state index contributed by atoms with van der Waals surface area (Å²) in [5.74, 6) is -4.80. The number of benzene rings is 2. The monoisotopic (exact) mass is 1000 g/mol. The molecule has 0 unspecified atom stereocenters. The van der Waals surface area contributed by atoms with Gasteiger partial charge in [-0.1, -0.05) is 67.6 Å². The topological polar surface area (TPSA) is 253 Å². The van der Waals surface area contributed by atoms with Gasteiger partial charge in [0.2, 0.25) is 0 Å². The van der Waals surface area contributed by atoms with Crippen LogP contribution >= 0.6 is 11.8 Å². The first-order valence-corrected chi connectivity index (χ1v) is 24.2. The van der Waals surface area contributed by atoms with Crippen molar-refractivity contribution in [2.24, 2.45) is 0 Å². The van der Waals surface area contributed by atoms with Crippen LogP contribution in [0.2, 0.25) is 0 Å². The summed E-state index contributed by atoms with van der Waals surface area (Å²) in [5.41, 5.74) is 0.682. The smallest absolute Gasteiger partial charge is 0.306 e. The van der Waals surface area contributed by atoms with Gasteiger partial charge in [-0.05, 0) is 37.7 Å². The molecule has 0 saturated carbocycles. The van der Waals surface area contributed by atoms with Crippen LogP contribution in [0.1, 0.15) is 92.2 Å². The van der Waals surface area contributed by atoms with Crippen molar-refractivity contribution in [2.75, 3.05) is 19.0 Å². The number of Topliss-reactive ketones (excluding diaryl/α,β-unsaturated/α-hetero) is 1. The zero-order valence-electron chi connectivity index (χ0n) is 40.8. The van der Waals surface area contributed by atoms with Crippen LogP contribution in [-0.2, 0) is 98.9 Å². The average molecular weight is 1000 g/mol. The Kier molecular flexibility index (Phi) is 23.7. The Hall–Kier alpha value is -5.45. The summed E-state index contributed by atoms with van der Waals surface area (Å²) in [6.45, 7) is 10.8. The van der Waals surface area contributed by atoms with Gasteiger partial charge < -0.3 is 62.8 Å². The van der Waals surface area contributed by atoms with Crippen molar-refractivity contribution < 1.29 is 85.7 Å². The second-order valence-corrected chi connectivity index (χ2v) is 18.1. The normalized spacial score (nSPS) is 25.0. The number of carbonyl (C=O) groups excluding carboxylic acids is 8. The molecule has 2 aromatic rings. The van der Waals surface area contributed by atoms with Crippen LogP contribution in [0.5, 0.6) is 0 Å². The second kappa shape index (κ2) is 29.0. The minimum atomic E-state index is -1.50. The Bertz CT molecular complexity index is 2040. The first-order chi connectivity index (χ1) is 33.4. The highest BCUT2D eigenvalue weighted by Crippen LogP contribution is 2.37. The number of rotatable bonds is 26. The van der Waals surface area contributed by atoms with Crippen LogP contribution in [0.3, 0.4) is 0 Å². The molecule has 70 heavy (non-hydrogen) atoms. The molecule has 0 aromatic heterocycles. The van der Waals surface area contributed by atoms with Gasteiger partial charge in [0, 0.05) is 47.0 Å². The van der Waals surface area contributed by atoms with Gasteiger partial charge in [-0.15, -0.1) is 11.8 Å². The summed E-state index contributed by atoms with van der Waals surface area (Å²) >= 11 is 1.37. The quantitative estimate of drug-likeness (QED) is 0.100. The average Bonchev–Trinajstić information content (AvgIpc) is 3.30. The number of ketones is 1. The minimum Gasteiger partial charge on any atom is -0.466 e. The van der Waals surface area contributed by atoms with Gasteiger partial charge >= 0.3 is 29.8 Å². The highest BCUT2D eigenvalue weighted by Gasteiger charge is 2.54. The van der Waals surface area contributed by atoms with Gasteiger partial charge in [-0.2, -0.15) is 0 Å². The van der Waals surface area contributed by atoms with Gasteiger partial charge in [0.25, 0.3) is 11.8 Å². The van der Waals surface area contributed by atoms with E-state index in [1.807, 2.05) is 55.5 Å². The Morgan fingerprint density at radius 2 is 1.06 bits per heavy atom. The van der Waals surface area contributed by atoms with E-state index in [0.717, 1.165) is 19.4 Å². The highest BCUT2D eigenvalue weighted by molar-refractivity contribution is 7.99. The van der Waals surface area contributed by atoms with E-state index < -0.39 is 114 Å². The number of carbonyl (C=O) groups is 8. The molecule has 2 aromatic carbocycles. The molecule has 12 atom stereocenters. The standard InChI is InChI=1S/C49H66N2O18S/c1-9-70-49-45(43(63-27-36-18-14-11-15-19-36)41(30(4)65-49)51-47(59)38(67-34(8)56)23-25-61-32(6)54)69-48-44(68-39(57)21-20-28(2)52)42(62-26-35-16-12-10-13-17-35)40(29(3)64-48)50-46(58)37(66-33(7)55)22-24-60-31(5)53/h10-19,29-30,37-38,40-45,48-49H,9,20-27H2,1-8H3,(H,50,58)(H,51,59)/t29-,30-,37-,38-,40-,41-,42+,43+,44+,45+,48-,49-/m1/s1. The molecule has 21 heteroatoms. The molecule has 2 aliphatic heterocycles. The van der Waals surface area contributed by atoms with Gasteiger partial charge in [0.15, 0.2) is 24.6 Å². The zero-order valence-corrected chi connectivity index (χ0v) is 41.6. The van der Waals surface area contributed by atoms with Gasteiger partial charge in [0.1, 0.15) is 29.5 Å². The fourth-order valence-electron chi connectivity index (χ4n) is 7.67. The zero-order chi connectivity index (χ0) is 51.3. The largest absolute Gasteiger partial charge is 0.466 e. The number of nitrogens with one attached hydrogen (secondary N) is 2. The molecule has 2 heterocycles. The van der Waals surface area contributed by atoms with Crippen molar-refractivity contribution in [2.45, 2.75) is 167 Å². The van der Waals surface area contributed by atoms with Gasteiger partial charge in [-0.25, -0.2) is 0 Å². The molecule has 2 fully saturated rings. The molecule has 4 rings (SSSR count). The highest BCUT2D eigenvalue weighted by atomic mass is 32.2. The number of thioether (sulfide) groups is 1. The Morgan fingerprint density at radius 1 is 0.600 bits per heavy atom. The second-order valence-electron chi connectivity index (χ2n) is 16.7. The van der Waals surface area contributed by atoms with Gasteiger partial charge in [-0.3, -0.25) is 33.6 Å². The molecule has 20 nitrogen and oxygen atoms in total. The molecule has 0 aliphatic carbocycles. The maximum Gasteiger partial charge on any atom is 0.306 e. The number of esters is 5. The van der Waals surface area contributed by atoms with Crippen LogP contribution in [0.15, 0.2) is 60.7 Å². The number of hydrogen-bond acceptors (Lipinski definition) is 19. The fourth-order valence-corrected chi connectivity index (χ4v) is 8.66. The lowest BCUT2D eigenvalue weighted by Crippen LogP contribution is -2.69. The lowest BCUT2D eigenvalue weighted by atomic mass is 9.94. The van der Waals surface area contributed by atoms with E-state index in [1.165, 1.54) is 32.5 Å². The fraction of sp³-hybridized carbons (Fsp3) is 0.592. The van der Waals surface area contributed by atoms with E-state index in [1.54, 1.807) is 26.0 Å². The molecule has 2 N–H and O–H groups in total. The van der Waals surface area contributed by atoms with Crippen molar-refractivity contribution in [1.82, 2.24) is 10.6 Å². The third-order valence-electron chi connectivity index (χ3n) is 10.9. The van der Waals surface area contributed by atoms with Crippen LogP contribution in [0.25, 0.3) is 0 Å². The van der Waals surface area contributed by atoms with Crippen molar-refractivity contribution in [3.8, 4) is 0 Å². The van der Waals surface area contributed by atoms with Gasteiger partial charge in [0.05, 0.1) is 57.1 Å². The summed E-state index contributed by atoms with van der Waals surface area (Å²) in [4.78, 5) is 101. The van der Waals surface area contributed by atoms with Crippen LogP contribution in [0.4, 0.5) is 0 Å². The Labute approximate surface area is 412 Å². The first kappa shape index (κ1) is 57.1. The summed E-state index contributed by atoms with van der Waals surface area (Å²) in [5, 5.41) is 5.80. The van der Waals surface area contributed by atoms with Crippen molar-refractivity contribution in [1.29, 1.82) is 0 Å². The number of amides is 2. The molecular formula is C49H66N2O18S. The number of hydrogen-bond donors (Lipinski definition) is 2. The summed E-state index contributed by atoms with van der Waals surface area (Å²) in [6, 6.07) is 16.1. The minimum absolute atomic E-state index is 0.0249. The molecule has 0 bridgehead atoms. The lowest BCUT2D eigenvalue weighted by Gasteiger charge is -2.50. The van der Waals surface area contributed by atoms with Crippen molar-refractivity contribution >= 4 is 59.2 Å². The van der Waals surface area contributed by atoms with Crippen LogP contribution in [0, 0.1) is 0 Å². The third-order valence-corrected chi connectivity index (χ3v) is 12.0. The van der Waals surface area contributed by atoms with Crippen molar-refractivity contribution in [3.05, 3.63) is 71.8 Å². The predicted octanol–water partition coefficient (Wildman–Crippen LogP) is 3.81. The number of ether oxygens (including phenoxy) is 10. The maximum absolute atomic E-state index is 14.1. The molecular weight excluding hydrogens is 937 g/mol. The third kappa shape index (κ3) is 18.7. The Morgan fingerprint density at radius 3 is 1.49 bits per heavy atom. The Balaban J connectivity index is 1.81. The SMILES string of the molecule is CCS[C@H]1O[C@H](C)[C@@H](NC(=O)[C@@H](CCOC(C)=O)OC(C)=O)[C@H](OCc2ccccc2)[C@@H]1O[C@H]1O[C@H](C)[C@@H](NC(=O)[C@@H](CCOC(C)=O)OC(C)=O)[C@H](OCc2ccccc2)[C@@H]1OC(=O)CCC(C)=O. The van der Waals surface area contributed by atoms with Crippen molar-refractivity contribution in [3.63, 3.8) is 0 Å². The molecule has 0 spiro atoms. The van der Waals surface area contributed by atoms with E-state index >= 15 is 0 Å². The van der Waals surface area contributed by atoms with E-state index in [-0.39, 0.29) is 57.9 Å². The van der Waals surface area contributed by atoms with E-state index in [2.05, 4.69) is 10.6 Å². The molecule has 2 aliphatic rings. The van der Waals surface area contributed by atoms with Crippen LogP contribution < -0.4 is 10.6 Å². The molecule has 0 radical (unpaired) electrons. The summed E-state index contributed by atoms with van der Waals surface area (Å²) in [7, 11) is 0. The lowest BCUT2D eigenvalue weighted by molar-refractivity contribution is -0.319. The van der Waals surface area contributed by atoms with Crippen LogP contribution in [-0.4, -0.2) is 139 Å². The molecule has 2 saturated heterocycles. The first-order valence-electron chi connectivity index (χ1n) is 23.2. The van der Waals surface area contributed by atoms with E-state index in [4.69, 9.17) is 47.4 Å². The summed E-state index contributed by atoms with van der Waals surface area (Å²) < 4.78 is 60.4.